The second-order valence-corrected chi connectivity index (χ2v) is 15.5. The number of likely N-dealkylation sites (tertiary alicyclic amines) is 1. The molecule has 0 aliphatic carbocycles. The molecule has 286 valence electrons. The van der Waals surface area contributed by atoms with Crippen molar-refractivity contribution in [1.82, 2.24) is 20.5 Å². The number of hydrogen-bond donors (Lipinski definition) is 3. The van der Waals surface area contributed by atoms with Crippen LogP contribution in [0.5, 0.6) is 0 Å². The Kier molecular flexibility index (Phi) is 19.6. The van der Waals surface area contributed by atoms with Crippen LogP contribution in [0.15, 0.2) is 29.8 Å². The number of carbonyl (C=O) groups excluding carboxylic acids is 3. The molecule has 3 amide bonds. The summed E-state index contributed by atoms with van der Waals surface area (Å²) in [6.45, 7) is 11.8. The Morgan fingerprint density at radius 2 is 1.55 bits per heavy atom. The monoisotopic (exact) mass is 750 g/mol. The minimum Gasteiger partial charge on any atom is -0.392 e. The maximum Gasteiger partial charge on any atom is 0.249 e. The fraction of sp³-hybridized carbons (Fsp3) is 0.684. The molecule has 11 nitrogen and oxygen atoms in total. The SMILES string of the molecule is Cc1ncsc1-c1ccc(CN2CC(O)CC2C(=O)NC(=O)C(NC(=O)CCCCCOCCOCCOCCCCCCCl)C(C)(C)C)cc1. The average Bonchev–Trinajstić information content (AvgIpc) is 3.69. The number of aromatic nitrogens is 1. The summed E-state index contributed by atoms with van der Waals surface area (Å²) in [6.07, 6.45) is 6.51. The number of rotatable bonds is 24. The van der Waals surface area contributed by atoms with Gasteiger partial charge in [0.1, 0.15) is 6.04 Å². The lowest BCUT2D eigenvalue weighted by Gasteiger charge is -2.31. The summed E-state index contributed by atoms with van der Waals surface area (Å²) in [6, 6.07) is 6.54. The van der Waals surface area contributed by atoms with Crippen molar-refractivity contribution in [2.24, 2.45) is 5.41 Å². The Morgan fingerprint density at radius 1 is 0.941 bits per heavy atom. The number of aliphatic hydroxyl groups excluding tert-OH is 1. The summed E-state index contributed by atoms with van der Waals surface area (Å²) in [5.74, 6) is -0.535. The van der Waals surface area contributed by atoms with Crippen LogP contribution in [-0.4, -0.2) is 103 Å². The first kappa shape index (κ1) is 43.0. The molecular weight excluding hydrogens is 692 g/mol. The van der Waals surface area contributed by atoms with Crippen molar-refractivity contribution in [3.8, 4) is 10.4 Å². The van der Waals surface area contributed by atoms with Crippen LogP contribution in [0.4, 0.5) is 0 Å². The number of thiazole rings is 1. The van der Waals surface area contributed by atoms with Crippen molar-refractivity contribution in [3.63, 3.8) is 0 Å². The molecule has 3 unspecified atom stereocenters. The number of hydrogen-bond acceptors (Lipinski definition) is 10. The van der Waals surface area contributed by atoms with Crippen LogP contribution in [0.25, 0.3) is 10.4 Å². The number of nitrogens with one attached hydrogen (secondary N) is 2. The number of halogens is 1. The number of ether oxygens (including phenoxy) is 3. The summed E-state index contributed by atoms with van der Waals surface area (Å²) in [4.78, 5) is 46.9. The lowest BCUT2D eigenvalue weighted by atomic mass is 9.86. The van der Waals surface area contributed by atoms with Crippen molar-refractivity contribution in [2.45, 2.75) is 110 Å². The summed E-state index contributed by atoms with van der Waals surface area (Å²) in [5.41, 5.74) is 4.27. The molecule has 2 aromatic rings. The molecule has 51 heavy (non-hydrogen) atoms. The summed E-state index contributed by atoms with van der Waals surface area (Å²) >= 11 is 7.27. The molecule has 2 heterocycles. The van der Waals surface area contributed by atoms with Crippen LogP contribution in [0.2, 0.25) is 0 Å². The van der Waals surface area contributed by atoms with E-state index in [1.54, 1.807) is 11.3 Å². The molecule has 0 radical (unpaired) electrons. The highest BCUT2D eigenvalue weighted by Crippen LogP contribution is 2.28. The van der Waals surface area contributed by atoms with Crippen molar-refractivity contribution in [3.05, 3.63) is 41.0 Å². The highest BCUT2D eigenvalue weighted by molar-refractivity contribution is 7.13. The highest BCUT2D eigenvalue weighted by atomic mass is 35.5. The van der Waals surface area contributed by atoms with Crippen LogP contribution in [0.1, 0.15) is 89.8 Å². The molecule has 1 aromatic heterocycles. The van der Waals surface area contributed by atoms with Gasteiger partial charge in [-0.2, -0.15) is 0 Å². The second-order valence-electron chi connectivity index (χ2n) is 14.3. The fourth-order valence-electron chi connectivity index (χ4n) is 5.95. The standard InChI is InChI=1S/C38H59ClN4O7S/c1-28-34(51-27-40-28)30-15-13-29(14-16-30)25-43-26-31(44)24-32(43)36(46)42-37(47)35(38(2,3)4)41-33(45)12-8-7-11-19-49-21-23-50-22-20-48-18-10-6-5-9-17-39/h13-16,27,31-32,35,44H,5-12,17-26H2,1-4H3,(H,41,45)(H,42,46,47). The number of benzene rings is 1. The van der Waals surface area contributed by atoms with Crippen molar-refractivity contribution in [2.75, 3.05) is 52.1 Å². The van der Waals surface area contributed by atoms with E-state index in [0.717, 1.165) is 72.7 Å². The quantitative estimate of drug-likeness (QED) is 0.0920. The van der Waals surface area contributed by atoms with Crippen molar-refractivity contribution in [1.29, 1.82) is 0 Å². The number of imide groups is 1. The van der Waals surface area contributed by atoms with E-state index in [1.165, 1.54) is 0 Å². The molecule has 3 atom stereocenters. The molecule has 1 saturated heterocycles. The average molecular weight is 751 g/mol. The Balaban J connectivity index is 1.32. The van der Waals surface area contributed by atoms with Gasteiger partial charge in [0.05, 0.1) is 54.7 Å². The molecule has 1 aliphatic heterocycles. The van der Waals surface area contributed by atoms with Gasteiger partial charge in [-0.05, 0) is 55.6 Å². The van der Waals surface area contributed by atoms with Gasteiger partial charge in [0.25, 0.3) is 0 Å². The molecule has 1 aromatic carbocycles. The van der Waals surface area contributed by atoms with Gasteiger partial charge < -0.3 is 24.6 Å². The third kappa shape index (κ3) is 16.0. The lowest BCUT2D eigenvalue weighted by molar-refractivity contribution is -0.138. The fourth-order valence-corrected chi connectivity index (χ4v) is 6.95. The zero-order valence-corrected chi connectivity index (χ0v) is 32.5. The third-order valence-electron chi connectivity index (χ3n) is 8.82. The van der Waals surface area contributed by atoms with Crippen LogP contribution < -0.4 is 10.6 Å². The normalized spacial score (nSPS) is 17.1. The van der Waals surface area contributed by atoms with E-state index >= 15 is 0 Å². The van der Waals surface area contributed by atoms with E-state index in [-0.39, 0.29) is 18.7 Å². The number of carbonyl (C=O) groups is 3. The van der Waals surface area contributed by atoms with Gasteiger partial charge in [-0.25, -0.2) is 4.98 Å². The van der Waals surface area contributed by atoms with Gasteiger partial charge in [0, 0.05) is 38.6 Å². The van der Waals surface area contributed by atoms with E-state index < -0.39 is 35.4 Å². The Hall–Kier alpha value is -2.45. The first-order valence-electron chi connectivity index (χ1n) is 18.3. The van der Waals surface area contributed by atoms with E-state index in [1.807, 2.05) is 62.4 Å². The zero-order chi connectivity index (χ0) is 37.1. The van der Waals surface area contributed by atoms with E-state index in [0.29, 0.717) is 52.5 Å². The Labute approximate surface area is 313 Å². The summed E-state index contributed by atoms with van der Waals surface area (Å²) in [5, 5.41) is 15.8. The first-order chi connectivity index (χ1) is 24.5. The van der Waals surface area contributed by atoms with Crippen LogP contribution in [-0.2, 0) is 35.1 Å². The Morgan fingerprint density at radius 3 is 2.14 bits per heavy atom. The molecule has 0 saturated carbocycles. The number of amides is 3. The maximum absolute atomic E-state index is 13.4. The number of nitrogens with zero attached hydrogens (tertiary/aromatic N) is 2. The molecule has 1 aliphatic rings. The van der Waals surface area contributed by atoms with Gasteiger partial charge in [-0.3, -0.25) is 24.6 Å². The van der Waals surface area contributed by atoms with Gasteiger partial charge in [0.15, 0.2) is 0 Å². The second kappa shape index (κ2) is 23.3. The topological polar surface area (TPSA) is 139 Å². The predicted octanol–water partition coefficient (Wildman–Crippen LogP) is 5.64. The number of unbranched alkanes of at least 4 members (excludes halogenated alkanes) is 5. The van der Waals surface area contributed by atoms with E-state index in [4.69, 9.17) is 25.8 Å². The largest absolute Gasteiger partial charge is 0.392 e. The van der Waals surface area contributed by atoms with Gasteiger partial charge in [0.2, 0.25) is 17.7 Å². The molecule has 0 bridgehead atoms. The van der Waals surface area contributed by atoms with Gasteiger partial charge >= 0.3 is 0 Å². The minimum absolute atomic E-state index is 0.228. The number of aryl methyl sites for hydroxylation is 1. The summed E-state index contributed by atoms with van der Waals surface area (Å²) < 4.78 is 16.7. The molecule has 0 spiro atoms. The van der Waals surface area contributed by atoms with Crippen LogP contribution in [0, 0.1) is 12.3 Å². The van der Waals surface area contributed by atoms with Crippen LogP contribution >= 0.6 is 22.9 Å². The minimum atomic E-state index is -0.897. The maximum atomic E-state index is 13.4. The predicted molar refractivity (Wildman–Crippen MR) is 202 cm³/mol. The summed E-state index contributed by atoms with van der Waals surface area (Å²) in [7, 11) is 0. The lowest BCUT2D eigenvalue weighted by Crippen LogP contribution is -2.56. The van der Waals surface area contributed by atoms with E-state index in [2.05, 4.69) is 15.6 Å². The molecule has 1 fully saturated rings. The third-order valence-corrected chi connectivity index (χ3v) is 10.1. The van der Waals surface area contributed by atoms with Crippen LogP contribution in [0.3, 0.4) is 0 Å². The molecule has 13 heteroatoms. The Bertz CT molecular complexity index is 1320. The van der Waals surface area contributed by atoms with Gasteiger partial charge in [-0.15, -0.1) is 22.9 Å². The van der Waals surface area contributed by atoms with Crippen molar-refractivity contribution >= 4 is 40.7 Å². The van der Waals surface area contributed by atoms with Gasteiger partial charge in [-0.1, -0.05) is 64.3 Å². The van der Waals surface area contributed by atoms with E-state index in [9.17, 15) is 19.5 Å². The smallest absolute Gasteiger partial charge is 0.249 e. The molecule has 3 N–H and O–H groups in total. The molecular formula is C38H59ClN4O7S. The number of aliphatic hydroxyl groups is 1. The zero-order valence-electron chi connectivity index (χ0n) is 30.9. The number of alkyl halides is 1. The van der Waals surface area contributed by atoms with Crippen molar-refractivity contribution < 1.29 is 33.7 Å². The highest BCUT2D eigenvalue weighted by Gasteiger charge is 2.39. The first-order valence-corrected chi connectivity index (χ1v) is 19.8. The molecule has 3 rings (SSSR count). The number of β-amino-alcohol motifs (C(OH)–C–C–N with tert-alkyl or cyclic N) is 1.